The minimum atomic E-state index is -1.14. The van der Waals surface area contributed by atoms with E-state index in [0.29, 0.717) is 44.2 Å². The summed E-state index contributed by atoms with van der Waals surface area (Å²) >= 11 is 0. The average molecular weight is 447 g/mol. The first kappa shape index (κ1) is 23.6. The molecule has 3 N–H and O–H groups in total. The standard InChI is InChI=1S/C22H34N6O4/c1-4-31-21(29)28-11-8-18(9-12-28)26-20(23-10-7-19-6-5-13-32-19)24-16-22(2,30)17-14-25-27(3)15-17/h5-6,13-15,18,30H,4,7-12,16H2,1-3H3,(H2,23,24,26). The van der Waals surface area contributed by atoms with E-state index in [-0.39, 0.29) is 18.7 Å². The van der Waals surface area contributed by atoms with E-state index in [1.165, 1.54) is 0 Å². The van der Waals surface area contributed by atoms with Gasteiger partial charge in [0.2, 0.25) is 0 Å². The van der Waals surface area contributed by atoms with E-state index in [2.05, 4.69) is 20.7 Å². The molecule has 10 heteroatoms. The fourth-order valence-electron chi connectivity index (χ4n) is 3.55. The number of hydrogen-bond donors (Lipinski definition) is 3. The first-order chi connectivity index (χ1) is 15.4. The molecule has 1 unspecified atom stereocenters. The van der Waals surface area contributed by atoms with Gasteiger partial charge in [-0.05, 0) is 38.8 Å². The van der Waals surface area contributed by atoms with Gasteiger partial charge in [-0.3, -0.25) is 4.68 Å². The summed E-state index contributed by atoms with van der Waals surface area (Å²) in [5, 5.41) is 21.8. The molecule has 0 bridgehead atoms. The van der Waals surface area contributed by atoms with Gasteiger partial charge >= 0.3 is 6.09 Å². The Kier molecular flexibility index (Phi) is 8.15. The number of nitrogens with one attached hydrogen (secondary N) is 2. The topological polar surface area (TPSA) is 117 Å². The molecule has 2 aromatic rings. The van der Waals surface area contributed by atoms with Crippen LogP contribution >= 0.6 is 0 Å². The summed E-state index contributed by atoms with van der Waals surface area (Å²) in [6, 6.07) is 3.97. The molecule has 10 nitrogen and oxygen atoms in total. The number of guanidine groups is 1. The fourth-order valence-corrected chi connectivity index (χ4v) is 3.55. The summed E-state index contributed by atoms with van der Waals surface area (Å²) in [5.74, 6) is 1.51. The van der Waals surface area contributed by atoms with Crippen LogP contribution in [-0.4, -0.2) is 70.7 Å². The largest absolute Gasteiger partial charge is 0.469 e. The highest BCUT2D eigenvalue weighted by Crippen LogP contribution is 2.20. The Balaban J connectivity index is 1.60. The SMILES string of the molecule is CCOC(=O)N1CCC(NC(=NCC(C)(O)c2cnn(C)c2)NCCc2ccco2)CC1. The summed E-state index contributed by atoms with van der Waals surface area (Å²) in [5.41, 5.74) is -0.432. The molecule has 0 saturated carbocycles. The predicted octanol–water partition coefficient (Wildman–Crippen LogP) is 1.62. The third-order valence-corrected chi connectivity index (χ3v) is 5.48. The lowest BCUT2D eigenvalue weighted by Gasteiger charge is -2.32. The van der Waals surface area contributed by atoms with Crippen molar-refractivity contribution in [3.05, 3.63) is 42.1 Å². The predicted molar refractivity (Wildman–Crippen MR) is 120 cm³/mol. The monoisotopic (exact) mass is 446 g/mol. The summed E-state index contributed by atoms with van der Waals surface area (Å²) < 4.78 is 12.1. The molecule has 2 aromatic heterocycles. The summed E-state index contributed by atoms with van der Waals surface area (Å²) in [7, 11) is 1.81. The summed E-state index contributed by atoms with van der Waals surface area (Å²) in [6.07, 6.45) is 7.13. The van der Waals surface area contributed by atoms with Crippen LogP contribution in [0.15, 0.2) is 40.2 Å². The number of hydrogen-bond acceptors (Lipinski definition) is 6. The fraction of sp³-hybridized carbons (Fsp3) is 0.591. The van der Waals surface area contributed by atoms with Crippen LogP contribution in [0.2, 0.25) is 0 Å². The maximum Gasteiger partial charge on any atom is 0.409 e. The Morgan fingerprint density at radius 3 is 2.84 bits per heavy atom. The van der Waals surface area contributed by atoms with Gasteiger partial charge in [0.15, 0.2) is 5.96 Å². The van der Waals surface area contributed by atoms with E-state index < -0.39 is 5.60 Å². The first-order valence-corrected chi connectivity index (χ1v) is 11.1. The van der Waals surface area contributed by atoms with E-state index in [0.717, 1.165) is 18.6 Å². The zero-order valence-electron chi connectivity index (χ0n) is 19.1. The van der Waals surface area contributed by atoms with Gasteiger partial charge in [-0.1, -0.05) is 0 Å². The van der Waals surface area contributed by atoms with Gasteiger partial charge in [0.1, 0.15) is 11.4 Å². The van der Waals surface area contributed by atoms with Crippen molar-refractivity contribution in [3.63, 3.8) is 0 Å². The van der Waals surface area contributed by atoms with Crippen LogP contribution in [0.3, 0.4) is 0 Å². The van der Waals surface area contributed by atoms with Crippen molar-refractivity contribution in [2.24, 2.45) is 12.0 Å². The number of carbonyl (C=O) groups excluding carboxylic acids is 1. The second kappa shape index (κ2) is 11.0. The number of carbonyl (C=O) groups is 1. The van der Waals surface area contributed by atoms with Crippen molar-refractivity contribution in [3.8, 4) is 0 Å². The molecule has 1 atom stereocenters. The third kappa shape index (κ3) is 6.74. The molecule has 1 aliphatic rings. The number of amides is 1. The zero-order valence-corrected chi connectivity index (χ0v) is 19.1. The number of furan rings is 1. The number of likely N-dealkylation sites (tertiary alicyclic amines) is 1. The van der Waals surface area contributed by atoms with Crippen molar-refractivity contribution in [2.75, 3.05) is 32.8 Å². The Morgan fingerprint density at radius 1 is 1.44 bits per heavy atom. The van der Waals surface area contributed by atoms with E-state index >= 15 is 0 Å². The smallest absolute Gasteiger partial charge is 0.409 e. The number of aromatic nitrogens is 2. The summed E-state index contributed by atoms with van der Waals surface area (Å²) in [4.78, 5) is 18.3. The number of nitrogens with zero attached hydrogens (tertiary/aromatic N) is 4. The Morgan fingerprint density at radius 2 is 2.22 bits per heavy atom. The van der Waals surface area contributed by atoms with Crippen LogP contribution in [-0.2, 0) is 23.8 Å². The zero-order chi connectivity index (χ0) is 23.0. The van der Waals surface area contributed by atoms with Gasteiger partial charge in [-0.2, -0.15) is 5.10 Å². The summed E-state index contributed by atoms with van der Waals surface area (Å²) in [6.45, 7) is 5.99. The van der Waals surface area contributed by atoms with Gasteiger partial charge in [0.25, 0.3) is 0 Å². The van der Waals surface area contributed by atoms with Crippen molar-refractivity contribution in [1.29, 1.82) is 0 Å². The normalized spacial score (nSPS) is 17.1. The van der Waals surface area contributed by atoms with Crippen LogP contribution in [0.5, 0.6) is 0 Å². The van der Waals surface area contributed by atoms with Crippen molar-refractivity contribution in [2.45, 2.75) is 44.8 Å². The molecule has 1 amide bonds. The number of aliphatic imine (C=N–C) groups is 1. The number of aryl methyl sites for hydroxylation is 1. The Bertz CT molecular complexity index is 869. The van der Waals surface area contributed by atoms with Crippen LogP contribution in [0.1, 0.15) is 38.0 Å². The highest BCUT2D eigenvalue weighted by molar-refractivity contribution is 5.80. The molecular formula is C22H34N6O4. The molecule has 3 heterocycles. The van der Waals surface area contributed by atoms with Gasteiger partial charge < -0.3 is 29.8 Å². The first-order valence-electron chi connectivity index (χ1n) is 11.1. The lowest BCUT2D eigenvalue weighted by Crippen LogP contribution is -2.50. The minimum absolute atomic E-state index is 0.166. The van der Waals surface area contributed by atoms with E-state index in [9.17, 15) is 9.90 Å². The van der Waals surface area contributed by atoms with Crippen molar-refractivity contribution < 1.29 is 19.1 Å². The van der Waals surface area contributed by atoms with Crippen molar-refractivity contribution >= 4 is 12.1 Å². The van der Waals surface area contributed by atoms with Gasteiger partial charge in [0.05, 0.1) is 25.6 Å². The van der Waals surface area contributed by atoms with E-state index in [4.69, 9.17) is 9.15 Å². The number of aliphatic hydroxyl groups is 1. The van der Waals surface area contributed by atoms with Crippen LogP contribution in [0, 0.1) is 0 Å². The molecular weight excluding hydrogens is 412 g/mol. The van der Waals surface area contributed by atoms with Gasteiger partial charge in [0, 0.05) is 50.9 Å². The number of rotatable bonds is 8. The second-order valence-corrected chi connectivity index (χ2v) is 8.20. The highest BCUT2D eigenvalue weighted by Gasteiger charge is 2.26. The quantitative estimate of drug-likeness (QED) is 0.417. The number of piperidine rings is 1. The molecule has 0 spiro atoms. The minimum Gasteiger partial charge on any atom is -0.469 e. The number of ether oxygens (including phenoxy) is 1. The second-order valence-electron chi connectivity index (χ2n) is 8.20. The molecule has 0 aliphatic carbocycles. The van der Waals surface area contributed by atoms with Crippen LogP contribution in [0.25, 0.3) is 0 Å². The molecule has 0 aromatic carbocycles. The van der Waals surface area contributed by atoms with Crippen molar-refractivity contribution in [1.82, 2.24) is 25.3 Å². The lowest BCUT2D eigenvalue weighted by atomic mass is 10.0. The Hall–Kier alpha value is -3.01. The van der Waals surface area contributed by atoms with Crippen LogP contribution in [0.4, 0.5) is 4.79 Å². The van der Waals surface area contributed by atoms with Gasteiger partial charge in [-0.15, -0.1) is 0 Å². The maximum absolute atomic E-state index is 11.9. The van der Waals surface area contributed by atoms with Crippen LogP contribution < -0.4 is 10.6 Å². The molecule has 0 radical (unpaired) electrons. The van der Waals surface area contributed by atoms with Gasteiger partial charge in [-0.25, -0.2) is 9.79 Å². The third-order valence-electron chi connectivity index (χ3n) is 5.48. The molecule has 3 rings (SSSR count). The lowest BCUT2D eigenvalue weighted by molar-refractivity contribution is 0.0670. The molecule has 1 aliphatic heterocycles. The highest BCUT2D eigenvalue weighted by atomic mass is 16.6. The maximum atomic E-state index is 11.9. The molecule has 1 saturated heterocycles. The molecule has 32 heavy (non-hydrogen) atoms. The van der Waals surface area contributed by atoms with E-state index in [1.54, 1.807) is 35.2 Å². The Labute approximate surface area is 188 Å². The molecule has 1 fully saturated rings. The molecule has 176 valence electrons. The average Bonchev–Trinajstić information content (AvgIpc) is 3.45. The van der Waals surface area contributed by atoms with E-state index in [1.807, 2.05) is 26.1 Å².